The highest BCUT2D eigenvalue weighted by Crippen LogP contribution is 2.47. The van der Waals surface area contributed by atoms with E-state index in [1.165, 1.54) is 18.4 Å². The molecule has 1 fully saturated rings. The SMILES string of the molecule is CN=C(NCC1(c2ccc(OC)cc2)CC1)N(C)Cc1cc(Cl)cn1C.I. The van der Waals surface area contributed by atoms with Crippen molar-refractivity contribution in [2.75, 3.05) is 27.7 Å². The number of nitrogens with zero attached hydrogens (tertiary/aromatic N) is 3. The zero-order chi connectivity index (χ0) is 18.7. The fourth-order valence-electron chi connectivity index (χ4n) is 3.34. The Labute approximate surface area is 183 Å². The number of hydrogen-bond acceptors (Lipinski definition) is 2. The van der Waals surface area contributed by atoms with Crippen LogP contribution in [0.5, 0.6) is 5.75 Å². The molecule has 1 aliphatic carbocycles. The minimum Gasteiger partial charge on any atom is -0.497 e. The van der Waals surface area contributed by atoms with Crippen LogP contribution in [0.15, 0.2) is 41.5 Å². The molecular formula is C20H28ClIN4O. The topological polar surface area (TPSA) is 41.8 Å². The van der Waals surface area contributed by atoms with Crippen molar-refractivity contribution >= 4 is 41.5 Å². The van der Waals surface area contributed by atoms with Gasteiger partial charge in [-0.1, -0.05) is 23.7 Å². The van der Waals surface area contributed by atoms with Gasteiger partial charge in [0.25, 0.3) is 0 Å². The Morgan fingerprint density at radius 3 is 2.48 bits per heavy atom. The summed E-state index contributed by atoms with van der Waals surface area (Å²) in [6.45, 7) is 1.63. The van der Waals surface area contributed by atoms with Gasteiger partial charge < -0.3 is 19.5 Å². The van der Waals surface area contributed by atoms with Crippen LogP contribution in [0.25, 0.3) is 0 Å². The van der Waals surface area contributed by atoms with Crippen molar-refractivity contribution in [3.05, 3.63) is 52.8 Å². The molecule has 1 N–H and O–H groups in total. The average molecular weight is 503 g/mol. The Kier molecular flexibility index (Phi) is 7.45. The number of aliphatic imine (C=N–C) groups is 1. The molecule has 0 aliphatic heterocycles. The van der Waals surface area contributed by atoms with Crippen LogP contribution in [0.2, 0.25) is 5.02 Å². The number of guanidine groups is 1. The second-order valence-electron chi connectivity index (χ2n) is 7.03. The average Bonchev–Trinajstić information content (AvgIpc) is 3.36. The van der Waals surface area contributed by atoms with Gasteiger partial charge in [0, 0.05) is 45.0 Å². The monoisotopic (exact) mass is 502 g/mol. The van der Waals surface area contributed by atoms with Crippen LogP contribution in [0.4, 0.5) is 0 Å². The molecule has 1 saturated carbocycles. The molecular weight excluding hydrogens is 475 g/mol. The molecule has 148 valence electrons. The Hall–Kier alpha value is -1.41. The summed E-state index contributed by atoms with van der Waals surface area (Å²) in [4.78, 5) is 6.56. The second kappa shape index (κ2) is 9.19. The van der Waals surface area contributed by atoms with Gasteiger partial charge in [-0.2, -0.15) is 0 Å². The smallest absolute Gasteiger partial charge is 0.193 e. The van der Waals surface area contributed by atoms with E-state index >= 15 is 0 Å². The standard InChI is InChI=1S/C20H27ClN4O.HI/c1-22-19(25(3)13-17-11-16(21)12-24(17)2)23-14-20(9-10-20)15-5-7-18(26-4)8-6-15;/h5-8,11-12H,9-10,13-14H2,1-4H3,(H,22,23);1H. The molecule has 1 aromatic carbocycles. The Bertz CT molecular complexity index is 784. The van der Waals surface area contributed by atoms with Gasteiger partial charge >= 0.3 is 0 Å². The van der Waals surface area contributed by atoms with Crippen molar-refractivity contribution < 1.29 is 4.74 Å². The lowest BCUT2D eigenvalue weighted by Gasteiger charge is -2.25. The third-order valence-electron chi connectivity index (χ3n) is 5.19. The van der Waals surface area contributed by atoms with Gasteiger partial charge in [0.15, 0.2) is 5.96 Å². The number of ether oxygens (including phenoxy) is 1. The number of nitrogens with one attached hydrogen (secondary N) is 1. The number of aromatic nitrogens is 1. The molecule has 5 nitrogen and oxygen atoms in total. The van der Waals surface area contributed by atoms with Crippen LogP contribution in [0.3, 0.4) is 0 Å². The number of methoxy groups -OCH3 is 1. The largest absolute Gasteiger partial charge is 0.497 e. The molecule has 2 aromatic rings. The molecule has 0 unspecified atom stereocenters. The first-order valence-electron chi connectivity index (χ1n) is 8.84. The molecule has 0 radical (unpaired) electrons. The zero-order valence-electron chi connectivity index (χ0n) is 16.3. The summed E-state index contributed by atoms with van der Waals surface area (Å²) in [6, 6.07) is 10.4. The second-order valence-corrected chi connectivity index (χ2v) is 7.46. The van der Waals surface area contributed by atoms with Crippen LogP contribution in [0.1, 0.15) is 24.1 Å². The Morgan fingerprint density at radius 2 is 2.00 bits per heavy atom. The van der Waals surface area contributed by atoms with E-state index in [1.54, 1.807) is 7.11 Å². The Balaban J connectivity index is 0.00000261. The first-order chi connectivity index (χ1) is 12.5. The lowest BCUT2D eigenvalue weighted by molar-refractivity contribution is 0.414. The fraction of sp³-hybridized carbons (Fsp3) is 0.450. The fourth-order valence-corrected chi connectivity index (χ4v) is 3.61. The number of hydrogen-bond donors (Lipinski definition) is 1. The van der Waals surface area contributed by atoms with Crippen molar-refractivity contribution in [3.63, 3.8) is 0 Å². The van der Waals surface area contributed by atoms with Crippen LogP contribution in [0, 0.1) is 0 Å². The predicted molar refractivity (Wildman–Crippen MR) is 123 cm³/mol. The molecule has 0 atom stereocenters. The molecule has 0 saturated heterocycles. The van der Waals surface area contributed by atoms with E-state index in [2.05, 4.69) is 27.3 Å². The molecule has 1 aromatic heterocycles. The zero-order valence-corrected chi connectivity index (χ0v) is 19.4. The summed E-state index contributed by atoms with van der Waals surface area (Å²) in [7, 11) is 7.57. The summed E-state index contributed by atoms with van der Waals surface area (Å²) >= 11 is 6.09. The summed E-state index contributed by atoms with van der Waals surface area (Å²) in [5, 5.41) is 4.31. The molecule has 0 bridgehead atoms. The van der Waals surface area contributed by atoms with Crippen molar-refractivity contribution in [2.45, 2.75) is 24.8 Å². The van der Waals surface area contributed by atoms with Crippen molar-refractivity contribution in [1.29, 1.82) is 0 Å². The molecule has 0 spiro atoms. The minimum absolute atomic E-state index is 0. The summed E-state index contributed by atoms with van der Waals surface area (Å²) in [5.41, 5.74) is 2.71. The van der Waals surface area contributed by atoms with E-state index < -0.39 is 0 Å². The first-order valence-corrected chi connectivity index (χ1v) is 9.22. The van der Waals surface area contributed by atoms with Crippen molar-refractivity contribution in [3.8, 4) is 5.75 Å². The highest BCUT2D eigenvalue weighted by Gasteiger charge is 2.44. The molecule has 1 aliphatic rings. The van der Waals surface area contributed by atoms with E-state index in [1.807, 2.05) is 50.1 Å². The predicted octanol–water partition coefficient (Wildman–Crippen LogP) is 4.04. The number of benzene rings is 1. The maximum Gasteiger partial charge on any atom is 0.193 e. The van der Waals surface area contributed by atoms with E-state index in [9.17, 15) is 0 Å². The lowest BCUT2D eigenvalue weighted by atomic mass is 9.96. The van der Waals surface area contributed by atoms with Crippen molar-refractivity contribution in [2.24, 2.45) is 12.0 Å². The third kappa shape index (κ3) is 5.10. The Morgan fingerprint density at radius 1 is 1.33 bits per heavy atom. The van der Waals surface area contributed by atoms with E-state index in [-0.39, 0.29) is 29.4 Å². The van der Waals surface area contributed by atoms with Gasteiger partial charge in [0.2, 0.25) is 0 Å². The van der Waals surface area contributed by atoms with E-state index in [0.717, 1.165) is 35.5 Å². The highest BCUT2D eigenvalue weighted by molar-refractivity contribution is 14.0. The first kappa shape index (κ1) is 21.9. The van der Waals surface area contributed by atoms with Crippen LogP contribution < -0.4 is 10.1 Å². The molecule has 27 heavy (non-hydrogen) atoms. The number of rotatable bonds is 6. The van der Waals surface area contributed by atoms with Gasteiger partial charge in [-0.3, -0.25) is 4.99 Å². The minimum atomic E-state index is 0. The van der Waals surface area contributed by atoms with Gasteiger partial charge in [-0.15, -0.1) is 24.0 Å². The highest BCUT2D eigenvalue weighted by atomic mass is 127. The van der Waals surface area contributed by atoms with Crippen LogP contribution in [-0.4, -0.2) is 43.2 Å². The van der Waals surface area contributed by atoms with Crippen LogP contribution >= 0.6 is 35.6 Å². The van der Waals surface area contributed by atoms with E-state index in [0.29, 0.717) is 0 Å². The van der Waals surface area contributed by atoms with Gasteiger partial charge in [0.05, 0.1) is 18.7 Å². The third-order valence-corrected chi connectivity index (χ3v) is 5.39. The molecule has 0 amide bonds. The summed E-state index contributed by atoms with van der Waals surface area (Å²) in [6.07, 6.45) is 4.31. The maximum absolute atomic E-state index is 6.09. The number of halogens is 2. The molecule has 3 rings (SSSR count). The summed E-state index contributed by atoms with van der Waals surface area (Å²) in [5.74, 6) is 1.79. The van der Waals surface area contributed by atoms with Gasteiger partial charge in [-0.25, -0.2) is 0 Å². The summed E-state index contributed by atoms with van der Waals surface area (Å²) < 4.78 is 7.31. The normalized spacial score (nSPS) is 15.1. The quantitative estimate of drug-likeness (QED) is 0.368. The molecule has 1 heterocycles. The number of aryl methyl sites for hydroxylation is 1. The lowest BCUT2D eigenvalue weighted by Crippen LogP contribution is -2.42. The van der Waals surface area contributed by atoms with Gasteiger partial charge in [0.1, 0.15) is 5.75 Å². The van der Waals surface area contributed by atoms with Crippen LogP contribution in [-0.2, 0) is 19.0 Å². The van der Waals surface area contributed by atoms with Crippen molar-refractivity contribution in [1.82, 2.24) is 14.8 Å². The van der Waals surface area contributed by atoms with E-state index in [4.69, 9.17) is 16.3 Å². The molecule has 7 heteroatoms. The van der Waals surface area contributed by atoms with Gasteiger partial charge in [-0.05, 0) is 36.6 Å². The maximum atomic E-state index is 6.09.